The van der Waals surface area contributed by atoms with Gasteiger partial charge in [-0.3, -0.25) is 9.59 Å². The number of allylic oxidation sites excluding steroid dienone is 3. The highest BCUT2D eigenvalue weighted by Crippen LogP contribution is 2.81. The first-order chi connectivity index (χ1) is 19.4. The first kappa shape index (κ1) is 25.4. The molecule has 0 aromatic heterocycles. The van der Waals surface area contributed by atoms with Crippen molar-refractivity contribution in [1.29, 1.82) is 0 Å². The maximum absolute atomic E-state index is 15.0. The molecule has 2 bridgehead atoms. The third-order valence-electron chi connectivity index (χ3n) is 12.9. The van der Waals surface area contributed by atoms with E-state index in [-0.39, 0.29) is 64.0 Å². The Bertz CT molecular complexity index is 1310. The van der Waals surface area contributed by atoms with Crippen LogP contribution in [0.4, 0.5) is 0 Å². The summed E-state index contributed by atoms with van der Waals surface area (Å²) < 4.78 is 24.6. The van der Waals surface area contributed by atoms with Crippen molar-refractivity contribution in [3.8, 4) is 5.75 Å². The number of carbonyl (C=O) groups excluding carboxylic acids is 2. The minimum atomic E-state index is -0.911. The van der Waals surface area contributed by atoms with Gasteiger partial charge in [0.25, 0.3) is 0 Å². The Morgan fingerprint density at radius 3 is 2.40 bits per heavy atom. The number of fused-ring (bicyclic) bond motifs is 7. The van der Waals surface area contributed by atoms with Crippen LogP contribution in [0.1, 0.15) is 51.0 Å². The second kappa shape index (κ2) is 8.39. The van der Waals surface area contributed by atoms with Crippen LogP contribution in [0.5, 0.6) is 5.75 Å². The van der Waals surface area contributed by atoms with Crippen LogP contribution in [0.3, 0.4) is 0 Å². The van der Waals surface area contributed by atoms with Gasteiger partial charge in [0.1, 0.15) is 17.3 Å². The van der Waals surface area contributed by atoms with E-state index < -0.39 is 11.2 Å². The van der Waals surface area contributed by atoms with Crippen LogP contribution < -0.4 is 4.74 Å². The summed E-state index contributed by atoms with van der Waals surface area (Å²) in [6.45, 7) is 3.43. The zero-order valence-corrected chi connectivity index (χ0v) is 23.8. The van der Waals surface area contributed by atoms with E-state index in [4.69, 9.17) is 18.9 Å². The summed E-state index contributed by atoms with van der Waals surface area (Å²) in [6.07, 6.45) is 14.1. The molecule has 0 radical (unpaired) electrons. The highest BCUT2D eigenvalue weighted by atomic mass is 16.7. The standard InChI is InChI=1S/C34H40O6/c1-31-13-4-5-14-32(31)15-16-33(31,20-9-11-21(37-2)12-10-20)28-24(35)19-23-27(29(28)32)30(36)26-22(7-6-8-25(26)38-3)34(23)39-17-18-40-34/h6,8-12,15-16,22-23,25-29H,4-5,7,13-14,17-19H2,1-3H3/t22-,23-,25+,26-,27-,28?,29?,31?,32?,33?/m1/s1. The fourth-order valence-corrected chi connectivity index (χ4v) is 11.6. The summed E-state index contributed by atoms with van der Waals surface area (Å²) in [7, 11) is 3.38. The van der Waals surface area contributed by atoms with Crippen LogP contribution in [0.15, 0.2) is 48.6 Å². The molecule has 0 N–H and O–H groups in total. The normalized spacial score (nSPS) is 47.6. The second-order valence-electron chi connectivity index (χ2n) is 13.6. The quantitative estimate of drug-likeness (QED) is 0.496. The smallest absolute Gasteiger partial charge is 0.176 e. The molecule has 1 aromatic rings. The molecule has 8 rings (SSSR count). The molecule has 5 fully saturated rings. The zero-order chi connectivity index (χ0) is 27.5. The van der Waals surface area contributed by atoms with Crippen molar-refractivity contribution in [2.45, 2.75) is 62.8 Å². The Morgan fingerprint density at radius 2 is 1.68 bits per heavy atom. The number of hydrogen-bond donors (Lipinski definition) is 0. The van der Waals surface area contributed by atoms with Gasteiger partial charge in [-0.25, -0.2) is 0 Å². The maximum Gasteiger partial charge on any atom is 0.176 e. The van der Waals surface area contributed by atoms with E-state index in [1.165, 1.54) is 5.56 Å². The van der Waals surface area contributed by atoms with Crippen molar-refractivity contribution < 1.29 is 28.5 Å². The average Bonchev–Trinajstić information content (AvgIpc) is 3.63. The minimum absolute atomic E-state index is 0.0716. The summed E-state index contributed by atoms with van der Waals surface area (Å²) in [6, 6.07) is 8.38. The zero-order valence-electron chi connectivity index (χ0n) is 23.8. The molecule has 1 aromatic carbocycles. The molecule has 6 nitrogen and oxygen atoms in total. The van der Waals surface area contributed by atoms with Gasteiger partial charge in [0, 0.05) is 42.6 Å². The third-order valence-corrected chi connectivity index (χ3v) is 12.9. The predicted molar refractivity (Wildman–Crippen MR) is 148 cm³/mol. The van der Waals surface area contributed by atoms with Gasteiger partial charge in [0.2, 0.25) is 0 Å². The van der Waals surface area contributed by atoms with E-state index >= 15 is 0 Å². The Balaban J connectivity index is 1.34. The van der Waals surface area contributed by atoms with Crippen molar-refractivity contribution >= 4 is 11.6 Å². The minimum Gasteiger partial charge on any atom is -0.497 e. The van der Waals surface area contributed by atoms with Crippen LogP contribution in [0.2, 0.25) is 0 Å². The molecule has 10 atom stereocenters. The molecule has 6 heteroatoms. The second-order valence-corrected chi connectivity index (χ2v) is 13.6. The number of ether oxygens (including phenoxy) is 4. The molecule has 40 heavy (non-hydrogen) atoms. The fourth-order valence-electron chi connectivity index (χ4n) is 11.6. The van der Waals surface area contributed by atoms with E-state index in [0.717, 1.165) is 31.4 Å². The molecule has 0 amide bonds. The van der Waals surface area contributed by atoms with Crippen molar-refractivity contribution in [1.82, 2.24) is 0 Å². The molecule has 212 valence electrons. The number of benzene rings is 1. The largest absolute Gasteiger partial charge is 0.497 e. The lowest BCUT2D eigenvalue weighted by Gasteiger charge is -2.59. The summed E-state index contributed by atoms with van der Waals surface area (Å²) in [4.78, 5) is 29.7. The van der Waals surface area contributed by atoms with Crippen molar-refractivity contribution in [3.05, 3.63) is 54.1 Å². The first-order valence-electron chi connectivity index (χ1n) is 15.3. The third kappa shape index (κ3) is 2.68. The number of ketones is 2. The van der Waals surface area contributed by atoms with Gasteiger partial charge in [-0.15, -0.1) is 0 Å². The van der Waals surface area contributed by atoms with Gasteiger partial charge in [-0.05, 0) is 53.7 Å². The lowest BCUT2D eigenvalue weighted by molar-refractivity contribution is -0.280. The molecule has 1 saturated heterocycles. The molecule has 1 heterocycles. The lowest BCUT2D eigenvalue weighted by Crippen LogP contribution is -2.67. The summed E-state index contributed by atoms with van der Waals surface area (Å²) in [5, 5.41) is 0. The maximum atomic E-state index is 15.0. The van der Waals surface area contributed by atoms with Gasteiger partial charge < -0.3 is 18.9 Å². The summed E-state index contributed by atoms with van der Waals surface area (Å²) in [5.74, 6) is -0.881. The van der Waals surface area contributed by atoms with Crippen LogP contribution in [0, 0.1) is 46.3 Å². The molecular formula is C34H40O6. The Morgan fingerprint density at radius 1 is 0.925 bits per heavy atom. The Kier molecular flexibility index (Phi) is 5.34. The van der Waals surface area contributed by atoms with E-state index in [9.17, 15) is 9.59 Å². The van der Waals surface area contributed by atoms with E-state index in [2.05, 4.69) is 43.4 Å². The monoisotopic (exact) mass is 544 g/mol. The molecule has 5 unspecified atom stereocenters. The SMILES string of the molecule is COc1ccc(C23C=CC4(CCCCC42C)C2C3C(=O)C[C@@H]3[C@H]2C(=O)[C@H]2[C@@H](OC)C=CC[C@H]2C32OCCO2)cc1. The Labute approximate surface area is 236 Å². The summed E-state index contributed by atoms with van der Waals surface area (Å²) in [5.41, 5.74) is 0.363. The molecule has 6 aliphatic carbocycles. The van der Waals surface area contributed by atoms with Gasteiger partial charge in [-0.2, -0.15) is 0 Å². The topological polar surface area (TPSA) is 71.1 Å². The van der Waals surface area contributed by atoms with Crippen LogP contribution in [0.25, 0.3) is 0 Å². The van der Waals surface area contributed by atoms with Gasteiger partial charge in [0.15, 0.2) is 5.79 Å². The first-order valence-corrected chi connectivity index (χ1v) is 15.3. The highest BCUT2D eigenvalue weighted by Gasteiger charge is 2.82. The highest BCUT2D eigenvalue weighted by molar-refractivity contribution is 5.94. The number of carbonyl (C=O) groups is 2. The van der Waals surface area contributed by atoms with Crippen molar-refractivity contribution in [3.63, 3.8) is 0 Å². The average molecular weight is 545 g/mol. The van der Waals surface area contributed by atoms with Crippen molar-refractivity contribution in [2.24, 2.45) is 46.3 Å². The number of Topliss-reactive ketones (excluding diaryl/α,β-unsaturated/α-hetero) is 2. The fraction of sp³-hybridized carbons (Fsp3) is 0.647. The molecule has 7 aliphatic rings. The van der Waals surface area contributed by atoms with Gasteiger partial charge >= 0.3 is 0 Å². The predicted octanol–water partition coefficient (Wildman–Crippen LogP) is 5.05. The van der Waals surface area contributed by atoms with Gasteiger partial charge in [0.05, 0.1) is 32.3 Å². The van der Waals surface area contributed by atoms with Crippen LogP contribution in [-0.4, -0.2) is 50.9 Å². The summed E-state index contributed by atoms with van der Waals surface area (Å²) >= 11 is 0. The molecule has 1 aliphatic heterocycles. The number of hydrogen-bond acceptors (Lipinski definition) is 6. The number of methoxy groups -OCH3 is 2. The van der Waals surface area contributed by atoms with Crippen LogP contribution in [-0.2, 0) is 29.2 Å². The molecular weight excluding hydrogens is 504 g/mol. The van der Waals surface area contributed by atoms with Gasteiger partial charge in [-0.1, -0.05) is 56.2 Å². The van der Waals surface area contributed by atoms with E-state index in [1.54, 1.807) is 14.2 Å². The van der Waals surface area contributed by atoms with E-state index in [1.807, 2.05) is 12.1 Å². The van der Waals surface area contributed by atoms with E-state index in [0.29, 0.717) is 26.1 Å². The van der Waals surface area contributed by atoms with Crippen LogP contribution >= 0.6 is 0 Å². The number of rotatable bonds is 3. The molecule has 1 spiro atoms. The molecule has 4 saturated carbocycles. The Hall–Kier alpha value is -2.28. The lowest BCUT2D eigenvalue weighted by atomic mass is 9.46. The van der Waals surface area contributed by atoms with Crippen molar-refractivity contribution in [2.75, 3.05) is 27.4 Å².